The van der Waals surface area contributed by atoms with Crippen LogP contribution in [-0.4, -0.2) is 85.9 Å². The van der Waals surface area contributed by atoms with Gasteiger partial charge in [-0.2, -0.15) is 11.8 Å². The fraction of sp³-hybridized carbons (Fsp3) is 0.667. The molecule has 2 saturated heterocycles. The van der Waals surface area contributed by atoms with Gasteiger partial charge in [0.05, 0.1) is 13.2 Å². The zero-order valence-corrected chi connectivity index (χ0v) is 21.0. The Hall–Kier alpha value is -0.710. The molecule has 0 unspecified atom stereocenters. The molecule has 1 N–H and O–H groups in total. The van der Waals surface area contributed by atoms with E-state index in [0.717, 1.165) is 69.0 Å². The third-order valence-electron chi connectivity index (χ3n) is 5.12. The molecule has 0 spiro atoms. The van der Waals surface area contributed by atoms with E-state index in [1.54, 1.807) is 0 Å². The highest BCUT2D eigenvalue weighted by atomic mass is 127. The standard InChI is InChI=1S/C21H34N4O2S.HI/c1-21(2)17-25(11-15-28-21)20(22-3)23-16-18-6-4-5-7-19(18)27-14-10-24-8-12-26-13-9-24;/h4-7H,8-17H2,1-3H3,(H,22,23);1H. The van der Waals surface area contributed by atoms with Gasteiger partial charge in [-0.1, -0.05) is 18.2 Å². The second kappa shape index (κ2) is 12.2. The van der Waals surface area contributed by atoms with E-state index in [-0.39, 0.29) is 28.7 Å². The summed E-state index contributed by atoms with van der Waals surface area (Å²) in [4.78, 5) is 9.26. The zero-order valence-electron chi connectivity index (χ0n) is 17.9. The molecule has 0 aliphatic carbocycles. The summed E-state index contributed by atoms with van der Waals surface area (Å²) in [5, 5.41) is 3.53. The third kappa shape index (κ3) is 7.80. The molecule has 2 aliphatic heterocycles. The van der Waals surface area contributed by atoms with E-state index < -0.39 is 0 Å². The Bertz CT molecular complexity index is 653. The van der Waals surface area contributed by atoms with Gasteiger partial charge in [0.15, 0.2) is 5.96 Å². The summed E-state index contributed by atoms with van der Waals surface area (Å²) in [6.07, 6.45) is 0. The molecule has 0 radical (unpaired) electrons. The summed E-state index contributed by atoms with van der Waals surface area (Å²) in [7, 11) is 1.86. The van der Waals surface area contributed by atoms with Gasteiger partial charge in [0.25, 0.3) is 0 Å². The quantitative estimate of drug-likeness (QED) is 0.344. The first-order valence-corrected chi connectivity index (χ1v) is 11.2. The maximum absolute atomic E-state index is 6.11. The van der Waals surface area contributed by atoms with E-state index in [2.05, 4.69) is 52.2 Å². The highest BCUT2D eigenvalue weighted by Gasteiger charge is 2.28. The van der Waals surface area contributed by atoms with Crippen molar-refractivity contribution in [2.75, 3.05) is 65.3 Å². The number of thioether (sulfide) groups is 1. The van der Waals surface area contributed by atoms with Crippen LogP contribution in [0.4, 0.5) is 0 Å². The molecule has 0 bridgehead atoms. The van der Waals surface area contributed by atoms with Crippen molar-refractivity contribution < 1.29 is 9.47 Å². The highest BCUT2D eigenvalue weighted by molar-refractivity contribution is 14.0. The third-order valence-corrected chi connectivity index (χ3v) is 6.41. The molecule has 2 aliphatic rings. The van der Waals surface area contributed by atoms with Crippen molar-refractivity contribution >= 4 is 41.7 Å². The first kappa shape index (κ1) is 24.6. The Morgan fingerprint density at radius 3 is 2.72 bits per heavy atom. The first-order valence-electron chi connectivity index (χ1n) is 10.2. The molecule has 8 heteroatoms. The number of benzene rings is 1. The van der Waals surface area contributed by atoms with Crippen molar-refractivity contribution in [3.05, 3.63) is 29.8 Å². The van der Waals surface area contributed by atoms with Crippen LogP contribution in [0, 0.1) is 0 Å². The molecule has 2 heterocycles. The minimum Gasteiger partial charge on any atom is -0.492 e. The molecule has 6 nitrogen and oxygen atoms in total. The monoisotopic (exact) mass is 534 g/mol. The lowest BCUT2D eigenvalue weighted by Gasteiger charge is -2.39. The second-order valence-corrected chi connectivity index (χ2v) is 9.64. The average molecular weight is 535 g/mol. The number of ether oxygens (including phenoxy) is 2. The summed E-state index contributed by atoms with van der Waals surface area (Å²) >= 11 is 2.03. The number of para-hydroxylation sites is 1. The predicted molar refractivity (Wildman–Crippen MR) is 133 cm³/mol. The summed E-state index contributed by atoms with van der Waals surface area (Å²) in [5.74, 6) is 3.05. The van der Waals surface area contributed by atoms with E-state index in [1.807, 2.05) is 24.9 Å². The smallest absolute Gasteiger partial charge is 0.193 e. The number of guanidine groups is 1. The Morgan fingerprint density at radius 2 is 2.00 bits per heavy atom. The predicted octanol–water partition coefficient (Wildman–Crippen LogP) is 2.92. The number of morpholine rings is 1. The van der Waals surface area contributed by atoms with Gasteiger partial charge in [-0.3, -0.25) is 9.89 Å². The Kier molecular flexibility index (Phi) is 10.3. The fourth-order valence-corrected chi connectivity index (χ4v) is 4.72. The SMILES string of the molecule is CN=C(NCc1ccccc1OCCN1CCOCC1)N1CCSC(C)(C)C1.I. The van der Waals surface area contributed by atoms with Crippen molar-refractivity contribution in [3.63, 3.8) is 0 Å². The van der Waals surface area contributed by atoms with Crippen LogP contribution in [-0.2, 0) is 11.3 Å². The van der Waals surface area contributed by atoms with Gasteiger partial charge < -0.3 is 19.7 Å². The summed E-state index contributed by atoms with van der Waals surface area (Å²) in [5.41, 5.74) is 1.16. The highest BCUT2D eigenvalue weighted by Crippen LogP contribution is 2.29. The van der Waals surface area contributed by atoms with Crippen LogP contribution in [0.5, 0.6) is 5.75 Å². The minimum atomic E-state index is 0. The van der Waals surface area contributed by atoms with Crippen molar-refractivity contribution in [2.45, 2.75) is 25.1 Å². The zero-order chi connectivity index (χ0) is 19.8. The van der Waals surface area contributed by atoms with Crippen molar-refractivity contribution in [1.82, 2.24) is 15.1 Å². The average Bonchev–Trinajstić information content (AvgIpc) is 2.70. The normalized spacial score (nSPS) is 20.1. The number of hydrogen-bond acceptors (Lipinski definition) is 5. The van der Waals surface area contributed by atoms with Gasteiger partial charge in [-0.25, -0.2) is 0 Å². The largest absolute Gasteiger partial charge is 0.492 e. The molecule has 2 fully saturated rings. The number of nitrogens with one attached hydrogen (secondary N) is 1. The Morgan fingerprint density at radius 1 is 1.24 bits per heavy atom. The Labute approximate surface area is 196 Å². The van der Waals surface area contributed by atoms with Crippen molar-refractivity contribution in [1.29, 1.82) is 0 Å². The van der Waals surface area contributed by atoms with E-state index in [9.17, 15) is 0 Å². The number of aliphatic imine (C=N–C) groups is 1. The summed E-state index contributed by atoms with van der Waals surface area (Å²) in [6, 6.07) is 8.28. The molecule has 0 atom stereocenters. The van der Waals surface area contributed by atoms with E-state index in [4.69, 9.17) is 9.47 Å². The summed E-state index contributed by atoms with van der Waals surface area (Å²) in [6.45, 7) is 12.6. The van der Waals surface area contributed by atoms with Gasteiger partial charge in [0, 0.05) is 62.4 Å². The van der Waals surface area contributed by atoms with Crippen molar-refractivity contribution in [2.24, 2.45) is 4.99 Å². The van der Waals surface area contributed by atoms with Gasteiger partial charge in [-0.05, 0) is 19.9 Å². The lowest BCUT2D eigenvalue weighted by Crippen LogP contribution is -2.50. The molecular weight excluding hydrogens is 499 g/mol. The first-order chi connectivity index (χ1) is 13.6. The van der Waals surface area contributed by atoms with Crippen LogP contribution >= 0.6 is 35.7 Å². The van der Waals surface area contributed by atoms with Gasteiger partial charge in [0.2, 0.25) is 0 Å². The molecule has 1 aromatic rings. The lowest BCUT2D eigenvalue weighted by atomic mass is 10.2. The fourth-order valence-electron chi connectivity index (χ4n) is 3.60. The number of hydrogen-bond donors (Lipinski definition) is 1. The molecule has 0 saturated carbocycles. The van der Waals surface area contributed by atoms with E-state index in [0.29, 0.717) is 13.2 Å². The maximum Gasteiger partial charge on any atom is 0.193 e. The van der Waals surface area contributed by atoms with E-state index >= 15 is 0 Å². The molecular formula is C21H35IN4O2S. The van der Waals surface area contributed by atoms with Crippen LogP contribution in [0.2, 0.25) is 0 Å². The second-order valence-electron chi connectivity index (χ2n) is 7.84. The van der Waals surface area contributed by atoms with Gasteiger partial charge >= 0.3 is 0 Å². The Balaban J connectivity index is 0.00000300. The van der Waals surface area contributed by atoms with Crippen LogP contribution in [0.15, 0.2) is 29.3 Å². The molecule has 164 valence electrons. The molecule has 3 rings (SSSR count). The van der Waals surface area contributed by atoms with Crippen LogP contribution in [0.1, 0.15) is 19.4 Å². The molecule has 0 aromatic heterocycles. The number of halogens is 1. The molecule has 1 aromatic carbocycles. The number of nitrogens with zero attached hydrogens (tertiary/aromatic N) is 3. The van der Waals surface area contributed by atoms with Gasteiger partial charge in [-0.15, -0.1) is 24.0 Å². The maximum atomic E-state index is 6.11. The molecule has 0 amide bonds. The number of rotatable bonds is 6. The van der Waals surface area contributed by atoms with Crippen LogP contribution in [0.25, 0.3) is 0 Å². The molecule has 29 heavy (non-hydrogen) atoms. The van der Waals surface area contributed by atoms with Crippen LogP contribution < -0.4 is 10.1 Å². The van der Waals surface area contributed by atoms with Crippen molar-refractivity contribution in [3.8, 4) is 5.75 Å². The van der Waals surface area contributed by atoms with Crippen LogP contribution in [0.3, 0.4) is 0 Å². The topological polar surface area (TPSA) is 49.3 Å². The van der Waals surface area contributed by atoms with E-state index in [1.165, 1.54) is 0 Å². The summed E-state index contributed by atoms with van der Waals surface area (Å²) < 4.78 is 11.8. The van der Waals surface area contributed by atoms with Gasteiger partial charge in [0.1, 0.15) is 12.4 Å². The lowest BCUT2D eigenvalue weighted by molar-refractivity contribution is 0.0322. The minimum absolute atomic E-state index is 0.